The average Bonchev–Trinajstić information content (AvgIpc) is 2.54. The van der Waals surface area contributed by atoms with Crippen LogP contribution in [-0.2, 0) is 23.5 Å². The Morgan fingerprint density at radius 3 is 2.56 bits per heavy atom. The molecule has 0 fully saturated rings. The monoisotopic (exact) mass is 238 g/mol. The maximum Gasteiger partial charge on any atom is 0.238 e. The van der Waals surface area contributed by atoms with Crippen LogP contribution in [0, 0.1) is 0 Å². The fourth-order valence-corrected chi connectivity index (χ4v) is 2.42. The summed E-state index contributed by atoms with van der Waals surface area (Å²) < 4.78 is 24.5. The predicted molar refractivity (Wildman–Crippen MR) is 63.7 cm³/mol. The summed E-state index contributed by atoms with van der Waals surface area (Å²) in [5.74, 6) is 0. The molecule has 1 aromatic carbocycles. The lowest BCUT2D eigenvalue weighted by Crippen LogP contribution is -2.12. The van der Waals surface area contributed by atoms with E-state index in [4.69, 9.17) is 5.14 Å². The van der Waals surface area contributed by atoms with Crippen molar-refractivity contribution in [2.75, 3.05) is 0 Å². The first-order chi connectivity index (χ1) is 7.43. The molecule has 2 aromatic rings. The summed E-state index contributed by atoms with van der Waals surface area (Å²) in [6, 6.07) is 7.00. The van der Waals surface area contributed by atoms with Crippen LogP contribution in [0.15, 0.2) is 29.2 Å². The minimum Gasteiger partial charge on any atom is -0.348 e. The van der Waals surface area contributed by atoms with Crippen LogP contribution in [0.3, 0.4) is 0 Å². The van der Waals surface area contributed by atoms with Crippen LogP contribution in [0.25, 0.3) is 10.9 Å². The highest BCUT2D eigenvalue weighted by atomic mass is 32.2. The van der Waals surface area contributed by atoms with Crippen LogP contribution in [0.1, 0.15) is 12.6 Å². The number of primary sulfonamides is 1. The molecular weight excluding hydrogens is 224 g/mol. The lowest BCUT2D eigenvalue weighted by atomic mass is 10.2. The normalized spacial score (nSPS) is 12.2. The van der Waals surface area contributed by atoms with E-state index in [-0.39, 0.29) is 4.90 Å². The van der Waals surface area contributed by atoms with Crippen molar-refractivity contribution in [2.24, 2.45) is 12.2 Å². The van der Waals surface area contributed by atoms with Gasteiger partial charge < -0.3 is 4.57 Å². The Hall–Kier alpha value is -1.33. The van der Waals surface area contributed by atoms with Gasteiger partial charge in [0, 0.05) is 18.3 Å². The van der Waals surface area contributed by atoms with Gasteiger partial charge in [-0.1, -0.05) is 13.0 Å². The van der Waals surface area contributed by atoms with Crippen molar-refractivity contribution in [1.82, 2.24) is 4.57 Å². The summed E-state index contributed by atoms with van der Waals surface area (Å²) in [6.07, 6.45) is 0.913. The van der Waals surface area contributed by atoms with Crippen molar-refractivity contribution in [3.8, 4) is 0 Å². The van der Waals surface area contributed by atoms with E-state index in [1.165, 1.54) is 11.8 Å². The topological polar surface area (TPSA) is 65.1 Å². The second-order valence-electron chi connectivity index (χ2n) is 3.81. The van der Waals surface area contributed by atoms with Gasteiger partial charge in [0.15, 0.2) is 0 Å². The highest BCUT2D eigenvalue weighted by Gasteiger charge is 2.11. The molecule has 16 heavy (non-hydrogen) atoms. The van der Waals surface area contributed by atoms with Gasteiger partial charge in [0.05, 0.1) is 4.90 Å². The molecule has 0 spiro atoms. The van der Waals surface area contributed by atoms with Gasteiger partial charge in [0.2, 0.25) is 10.0 Å². The highest BCUT2D eigenvalue weighted by Crippen LogP contribution is 2.22. The van der Waals surface area contributed by atoms with Crippen LogP contribution in [0.5, 0.6) is 0 Å². The van der Waals surface area contributed by atoms with Gasteiger partial charge in [0.25, 0.3) is 0 Å². The molecular formula is C11H14N2O2S. The van der Waals surface area contributed by atoms with Crippen LogP contribution in [-0.4, -0.2) is 13.0 Å². The molecule has 1 aromatic heterocycles. The Bertz CT molecular complexity index is 641. The molecule has 1 heterocycles. The van der Waals surface area contributed by atoms with Crippen LogP contribution < -0.4 is 5.14 Å². The number of sulfonamides is 1. The molecule has 2 rings (SSSR count). The molecule has 0 saturated heterocycles. The average molecular weight is 238 g/mol. The number of hydrogen-bond acceptors (Lipinski definition) is 2. The Balaban J connectivity index is 2.75. The largest absolute Gasteiger partial charge is 0.348 e. The number of nitrogens with zero attached hydrogens (tertiary/aromatic N) is 1. The third-order valence-corrected chi connectivity index (χ3v) is 3.72. The Morgan fingerprint density at radius 1 is 1.31 bits per heavy atom. The Morgan fingerprint density at radius 2 is 2.00 bits per heavy atom. The van der Waals surface area contributed by atoms with Crippen molar-refractivity contribution < 1.29 is 8.42 Å². The lowest BCUT2D eigenvalue weighted by molar-refractivity contribution is 0.598. The number of nitrogens with two attached hydrogens (primary N) is 1. The number of rotatable bonds is 2. The number of aromatic nitrogens is 1. The van der Waals surface area contributed by atoms with E-state index in [9.17, 15) is 8.42 Å². The van der Waals surface area contributed by atoms with E-state index in [0.717, 1.165) is 17.3 Å². The van der Waals surface area contributed by atoms with Crippen LogP contribution >= 0.6 is 0 Å². The summed E-state index contributed by atoms with van der Waals surface area (Å²) >= 11 is 0. The van der Waals surface area contributed by atoms with Crippen molar-refractivity contribution in [1.29, 1.82) is 0 Å². The SMILES string of the molecule is CCc1cc2ccc(S(N)(=O)=O)cc2n1C. The molecule has 0 aliphatic carbocycles. The van der Waals surface area contributed by atoms with E-state index < -0.39 is 10.0 Å². The molecule has 0 amide bonds. The first kappa shape index (κ1) is 11.2. The molecule has 0 aliphatic heterocycles. The summed E-state index contributed by atoms with van der Waals surface area (Å²) in [6.45, 7) is 2.06. The molecule has 0 radical (unpaired) electrons. The van der Waals surface area contributed by atoms with Crippen molar-refractivity contribution >= 4 is 20.9 Å². The lowest BCUT2D eigenvalue weighted by Gasteiger charge is -2.02. The van der Waals surface area contributed by atoms with Gasteiger partial charge in [-0.3, -0.25) is 0 Å². The summed E-state index contributed by atoms with van der Waals surface area (Å²) in [5, 5.41) is 6.13. The maximum atomic E-state index is 11.2. The maximum absolute atomic E-state index is 11.2. The van der Waals surface area contributed by atoms with Crippen molar-refractivity contribution in [2.45, 2.75) is 18.2 Å². The van der Waals surface area contributed by atoms with Gasteiger partial charge in [-0.05, 0) is 30.0 Å². The van der Waals surface area contributed by atoms with E-state index in [0.29, 0.717) is 0 Å². The zero-order valence-electron chi connectivity index (χ0n) is 9.27. The first-order valence-electron chi connectivity index (χ1n) is 5.04. The molecule has 0 atom stereocenters. The zero-order valence-corrected chi connectivity index (χ0v) is 10.1. The number of benzene rings is 1. The Labute approximate surface area is 94.7 Å². The quantitative estimate of drug-likeness (QED) is 0.859. The summed E-state index contributed by atoms with van der Waals surface area (Å²) in [5.41, 5.74) is 2.06. The third kappa shape index (κ3) is 1.72. The Kier molecular flexibility index (Phi) is 2.52. The number of hydrogen-bond donors (Lipinski definition) is 1. The standard InChI is InChI=1S/C11H14N2O2S/c1-3-9-6-8-4-5-10(16(12,14)15)7-11(8)13(9)2/h4-7H,3H2,1-2H3,(H2,12,14,15). The molecule has 2 N–H and O–H groups in total. The van der Waals surface area contributed by atoms with Crippen LogP contribution in [0.4, 0.5) is 0 Å². The van der Waals surface area contributed by atoms with Gasteiger partial charge in [-0.2, -0.15) is 0 Å². The van der Waals surface area contributed by atoms with E-state index >= 15 is 0 Å². The molecule has 0 bridgehead atoms. The fourth-order valence-electron chi connectivity index (χ4n) is 1.88. The van der Waals surface area contributed by atoms with Crippen molar-refractivity contribution in [3.63, 3.8) is 0 Å². The summed E-state index contributed by atoms with van der Waals surface area (Å²) in [4.78, 5) is 0.156. The van der Waals surface area contributed by atoms with Gasteiger partial charge in [-0.25, -0.2) is 13.6 Å². The second kappa shape index (κ2) is 3.61. The van der Waals surface area contributed by atoms with Gasteiger partial charge in [-0.15, -0.1) is 0 Å². The van der Waals surface area contributed by atoms with E-state index in [1.54, 1.807) is 12.1 Å². The van der Waals surface area contributed by atoms with E-state index in [1.807, 2.05) is 11.6 Å². The molecule has 0 unspecified atom stereocenters. The summed E-state index contributed by atoms with van der Waals surface area (Å²) in [7, 11) is -1.70. The highest BCUT2D eigenvalue weighted by molar-refractivity contribution is 7.89. The minimum absolute atomic E-state index is 0.156. The smallest absolute Gasteiger partial charge is 0.238 e. The predicted octanol–water partition coefficient (Wildman–Crippen LogP) is 1.39. The number of aryl methyl sites for hydroxylation is 2. The first-order valence-corrected chi connectivity index (χ1v) is 6.59. The van der Waals surface area contributed by atoms with Gasteiger partial charge >= 0.3 is 0 Å². The fraction of sp³-hybridized carbons (Fsp3) is 0.273. The minimum atomic E-state index is -3.62. The molecule has 5 heteroatoms. The second-order valence-corrected chi connectivity index (χ2v) is 5.38. The number of fused-ring (bicyclic) bond motifs is 1. The third-order valence-electron chi connectivity index (χ3n) is 2.81. The van der Waals surface area contributed by atoms with E-state index in [2.05, 4.69) is 13.0 Å². The van der Waals surface area contributed by atoms with Crippen molar-refractivity contribution in [3.05, 3.63) is 30.0 Å². The molecule has 86 valence electrons. The van der Waals surface area contributed by atoms with Gasteiger partial charge in [0.1, 0.15) is 0 Å². The molecule has 0 aliphatic rings. The molecule has 0 saturated carbocycles. The zero-order chi connectivity index (χ0) is 11.9. The van der Waals surface area contributed by atoms with Crippen LogP contribution in [0.2, 0.25) is 0 Å². The molecule has 4 nitrogen and oxygen atoms in total.